The molecule has 4 nitrogen and oxygen atoms in total. The summed E-state index contributed by atoms with van der Waals surface area (Å²) >= 11 is 0. The lowest BCUT2D eigenvalue weighted by atomic mass is 9.82. The molecule has 0 aliphatic heterocycles. The zero-order valence-corrected chi connectivity index (χ0v) is 20.4. The van der Waals surface area contributed by atoms with E-state index in [1.54, 1.807) is 42.5 Å². The molecule has 1 aliphatic rings. The summed E-state index contributed by atoms with van der Waals surface area (Å²) in [6.45, 7) is 1.86. The van der Waals surface area contributed by atoms with Gasteiger partial charge in [-0.15, -0.1) is 0 Å². The van der Waals surface area contributed by atoms with Gasteiger partial charge in [0.15, 0.2) is 9.84 Å². The predicted molar refractivity (Wildman–Crippen MR) is 132 cm³/mol. The Morgan fingerprint density at radius 2 is 1.54 bits per heavy atom. The van der Waals surface area contributed by atoms with Crippen molar-refractivity contribution in [1.29, 1.82) is 0 Å². The molecular weight excluding hydrogens is 468 g/mol. The first-order chi connectivity index (χ1) is 16.7. The topological polar surface area (TPSA) is 63.2 Å². The number of nitrogens with one attached hydrogen (secondary N) is 1. The van der Waals surface area contributed by atoms with E-state index in [-0.39, 0.29) is 46.1 Å². The second kappa shape index (κ2) is 10.7. The van der Waals surface area contributed by atoms with Crippen LogP contribution in [0.15, 0.2) is 77.7 Å². The van der Waals surface area contributed by atoms with E-state index < -0.39 is 9.84 Å². The Kier molecular flexibility index (Phi) is 7.65. The molecular formula is C28H29F2NO3S. The number of halogens is 2. The average molecular weight is 498 g/mol. The molecule has 3 aromatic rings. The highest BCUT2D eigenvalue weighted by Gasteiger charge is 2.30. The van der Waals surface area contributed by atoms with Gasteiger partial charge in [-0.1, -0.05) is 42.5 Å². The van der Waals surface area contributed by atoms with E-state index in [4.69, 9.17) is 0 Å². The number of rotatable bonds is 7. The number of sulfone groups is 1. The van der Waals surface area contributed by atoms with Gasteiger partial charge in [-0.3, -0.25) is 4.79 Å². The molecule has 0 bridgehead atoms. The highest BCUT2D eigenvalue weighted by molar-refractivity contribution is 7.91. The minimum atomic E-state index is -3.49. The van der Waals surface area contributed by atoms with E-state index in [1.807, 2.05) is 6.92 Å². The van der Waals surface area contributed by atoms with E-state index >= 15 is 0 Å². The summed E-state index contributed by atoms with van der Waals surface area (Å²) in [5.74, 6) is -0.849. The van der Waals surface area contributed by atoms with Crippen LogP contribution in [0.4, 0.5) is 8.78 Å². The van der Waals surface area contributed by atoms with Gasteiger partial charge in [-0.2, -0.15) is 0 Å². The first-order valence-electron chi connectivity index (χ1n) is 11.9. The molecule has 0 aromatic heterocycles. The molecule has 3 aromatic carbocycles. The van der Waals surface area contributed by atoms with Crippen LogP contribution < -0.4 is 5.32 Å². The van der Waals surface area contributed by atoms with Crippen LogP contribution in [-0.2, 0) is 14.6 Å². The lowest BCUT2D eigenvalue weighted by molar-refractivity contribution is -0.126. The van der Waals surface area contributed by atoms with Crippen molar-refractivity contribution >= 4 is 15.7 Å². The van der Waals surface area contributed by atoms with Crippen molar-refractivity contribution in [2.75, 3.05) is 5.75 Å². The fourth-order valence-electron chi connectivity index (χ4n) is 4.70. The van der Waals surface area contributed by atoms with E-state index in [0.29, 0.717) is 36.8 Å². The lowest BCUT2D eigenvalue weighted by Crippen LogP contribution is -2.35. The molecule has 0 spiro atoms. The molecule has 1 fully saturated rings. The van der Waals surface area contributed by atoms with Crippen molar-refractivity contribution in [1.82, 2.24) is 5.32 Å². The first kappa shape index (κ1) is 25.0. The maximum atomic E-state index is 14.0. The van der Waals surface area contributed by atoms with Crippen LogP contribution >= 0.6 is 0 Å². The van der Waals surface area contributed by atoms with E-state index in [1.165, 1.54) is 30.3 Å². The highest BCUT2D eigenvalue weighted by atomic mass is 32.2. The van der Waals surface area contributed by atoms with Gasteiger partial charge in [0, 0.05) is 11.5 Å². The minimum absolute atomic E-state index is 0.00943. The van der Waals surface area contributed by atoms with Crippen molar-refractivity contribution in [2.45, 2.75) is 43.5 Å². The van der Waals surface area contributed by atoms with E-state index in [0.717, 1.165) is 5.56 Å². The summed E-state index contributed by atoms with van der Waals surface area (Å²) in [6.07, 6.45) is 2.59. The molecule has 1 atom stereocenters. The zero-order chi connectivity index (χ0) is 25.0. The molecule has 7 heteroatoms. The Bertz CT molecular complexity index is 1270. The van der Waals surface area contributed by atoms with Crippen molar-refractivity contribution in [3.63, 3.8) is 0 Å². The number of benzene rings is 3. The standard InChI is InChI=1S/C28H29F2NO3S/c1-19(21-10-14-24(29)15-11-21)31-28(32)23-8-6-20(7-9-23)18-35(33,34)25-16-12-22(13-17-25)26-4-2-3-5-27(26)30/h2-5,10-17,19-20,23H,6-9,18H2,1H3,(H,31,32)/t19-,20?,23?/m1/s1. The monoisotopic (exact) mass is 497 g/mol. The van der Waals surface area contributed by atoms with Crippen molar-refractivity contribution < 1.29 is 22.0 Å². The lowest BCUT2D eigenvalue weighted by Gasteiger charge is -2.28. The normalized spacial score (nSPS) is 19.2. The molecule has 1 amide bonds. The minimum Gasteiger partial charge on any atom is -0.349 e. The summed E-state index contributed by atoms with van der Waals surface area (Å²) in [5, 5.41) is 2.99. The first-order valence-corrected chi connectivity index (χ1v) is 13.5. The van der Waals surface area contributed by atoms with Crippen LogP contribution in [0, 0.1) is 23.5 Å². The van der Waals surface area contributed by atoms with Crippen LogP contribution in [0.3, 0.4) is 0 Å². The smallest absolute Gasteiger partial charge is 0.223 e. The number of hydrogen-bond acceptors (Lipinski definition) is 3. The Hall–Kier alpha value is -3.06. The Morgan fingerprint density at radius 1 is 0.914 bits per heavy atom. The molecule has 1 aliphatic carbocycles. The quantitative estimate of drug-likeness (QED) is 0.430. The Balaban J connectivity index is 1.31. The van der Waals surface area contributed by atoms with Gasteiger partial charge in [0.05, 0.1) is 16.7 Å². The second-order valence-electron chi connectivity index (χ2n) is 9.29. The third kappa shape index (κ3) is 6.14. The van der Waals surface area contributed by atoms with Crippen molar-refractivity contribution in [3.05, 3.63) is 90.0 Å². The maximum absolute atomic E-state index is 14.0. The van der Waals surface area contributed by atoms with Gasteiger partial charge in [0.1, 0.15) is 11.6 Å². The summed E-state index contributed by atoms with van der Waals surface area (Å²) in [7, 11) is -3.49. The summed E-state index contributed by atoms with van der Waals surface area (Å²) in [5.41, 5.74) is 1.89. The van der Waals surface area contributed by atoms with Gasteiger partial charge in [-0.05, 0) is 80.0 Å². The predicted octanol–water partition coefficient (Wildman–Crippen LogP) is 6.09. The molecule has 4 rings (SSSR count). The van der Waals surface area contributed by atoms with Gasteiger partial charge in [0.2, 0.25) is 5.91 Å². The molecule has 0 radical (unpaired) electrons. The molecule has 1 saturated carbocycles. The maximum Gasteiger partial charge on any atom is 0.223 e. The van der Waals surface area contributed by atoms with Crippen LogP contribution in [0.5, 0.6) is 0 Å². The largest absolute Gasteiger partial charge is 0.349 e. The van der Waals surface area contributed by atoms with Gasteiger partial charge in [-0.25, -0.2) is 17.2 Å². The molecule has 0 heterocycles. The fraction of sp³-hybridized carbons (Fsp3) is 0.321. The van der Waals surface area contributed by atoms with Crippen LogP contribution in [0.25, 0.3) is 11.1 Å². The van der Waals surface area contributed by atoms with Crippen LogP contribution in [0.2, 0.25) is 0 Å². The van der Waals surface area contributed by atoms with Crippen molar-refractivity contribution in [3.8, 4) is 11.1 Å². The van der Waals surface area contributed by atoms with E-state index in [2.05, 4.69) is 5.32 Å². The molecule has 1 N–H and O–H groups in total. The Labute approximate surface area is 205 Å². The van der Waals surface area contributed by atoms with Gasteiger partial charge in [0.25, 0.3) is 0 Å². The number of carbonyl (C=O) groups excluding carboxylic acids is 1. The SMILES string of the molecule is C[C@@H](NC(=O)C1CCC(CS(=O)(=O)c2ccc(-c3ccccc3F)cc2)CC1)c1ccc(F)cc1. The third-order valence-electron chi connectivity index (χ3n) is 6.80. The number of amides is 1. The third-order valence-corrected chi connectivity index (χ3v) is 8.70. The second-order valence-corrected chi connectivity index (χ2v) is 11.3. The van der Waals surface area contributed by atoms with E-state index in [9.17, 15) is 22.0 Å². The van der Waals surface area contributed by atoms with Crippen LogP contribution in [0.1, 0.15) is 44.2 Å². The van der Waals surface area contributed by atoms with Gasteiger partial charge < -0.3 is 5.32 Å². The summed E-state index contributed by atoms with van der Waals surface area (Å²) in [4.78, 5) is 12.9. The molecule has 35 heavy (non-hydrogen) atoms. The highest BCUT2D eigenvalue weighted by Crippen LogP contribution is 2.32. The molecule has 184 valence electrons. The van der Waals surface area contributed by atoms with Crippen molar-refractivity contribution in [2.24, 2.45) is 11.8 Å². The zero-order valence-electron chi connectivity index (χ0n) is 19.6. The molecule has 0 unspecified atom stereocenters. The number of hydrogen-bond donors (Lipinski definition) is 1. The summed E-state index contributed by atoms with van der Waals surface area (Å²) < 4.78 is 53.1. The number of carbonyl (C=O) groups is 1. The summed E-state index contributed by atoms with van der Waals surface area (Å²) in [6, 6.07) is 18.6. The fourth-order valence-corrected chi connectivity index (χ4v) is 6.40. The Morgan fingerprint density at radius 3 is 2.17 bits per heavy atom. The molecule has 0 saturated heterocycles. The average Bonchev–Trinajstić information content (AvgIpc) is 2.85. The van der Waals surface area contributed by atoms with Gasteiger partial charge >= 0.3 is 0 Å². The van der Waals surface area contributed by atoms with Crippen LogP contribution in [-0.4, -0.2) is 20.1 Å².